The smallest absolute Gasteiger partial charge is 0.0206 e. The topological polar surface area (TPSA) is 12.0 Å². The van der Waals surface area contributed by atoms with Crippen molar-refractivity contribution in [2.75, 3.05) is 6.54 Å². The molecular weight excluding hydrogens is 170 g/mol. The van der Waals surface area contributed by atoms with Crippen molar-refractivity contribution < 1.29 is 0 Å². The number of hydrogen-bond donors (Lipinski definition) is 1. The van der Waals surface area contributed by atoms with Crippen LogP contribution >= 0.6 is 0 Å². The van der Waals surface area contributed by atoms with E-state index < -0.39 is 0 Å². The van der Waals surface area contributed by atoms with Gasteiger partial charge in [0.1, 0.15) is 0 Å². The zero-order valence-corrected chi connectivity index (χ0v) is 10.4. The summed E-state index contributed by atoms with van der Waals surface area (Å²) in [6, 6.07) is 0. The Morgan fingerprint density at radius 1 is 1.43 bits per heavy atom. The molecule has 1 heterocycles. The summed E-state index contributed by atoms with van der Waals surface area (Å²) in [7, 11) is 0. The van der Waals surface area contributed by atoms with Crippen LogP contribution in [0.15, 0.2) is 12.3 Å². The summed E-state index contributed by atoms with van der Waals surface area (Å²) in [5.74, 6) is 0.812. The quantitative estimate of drug-likeness (QED) is 0.726. The summed E-state index contributed by atoms with van der Waals surface area (Å²) < 4.78 is 0. The Morgan fingerprint density at radius 2 is 2.00 bits per heavy atom. The normalized spacial score (nSPS) is 32.8. The SMILES string of the molecule is C=C1NCC(C)(CC(C)CC)C1(C)C. The van der Waals surface area contributed by atoms with E-state index in [1.54, 1.807) is 0 Å². The van der Waals surface area contributed by atoms with Gasteiger partial charge in [-0.3, -0.25) is 0 Å². The molecule has 0 radical (unpaired) electrons. The molecule has 2 atom stereocenters. The molecule has 1 rings (SSSR count). The van der Waals surface area contributed by atoms with E-state index in [1.165, 1.54) is 18.5 Å². The molecule has 0 amide bonds. The van der Waals surface area contributed by atoms with Crippen molar-refractivity contribution in [2.45, 2.75) is 47.5 Å². The fourth-order valence-electron chi connectivity index (χ4n) is 2.35. The molecule has 1 nitrogen and oxygen atoms in total. The highest BCUT2D eigenvalue weighted by molar-refractivity contribution is 5.18. The molecule has 82 valence electrons. The maximum Gasteiger partial charge on any atom is 0.0206 e. The van der Waals surface area contributed by atoms with Gasteiger partial charge >= 0.3 is 0 Å². The maximum absolute atomic E-state index is 4.12. The van der Waals surface area contributed by atoms with E-state index >= 15 is 0 Å². The molecule has 1 fully saturated rings. The van der Waals surface area contributed by atoms with Crippen LogP contribution in [-0.2, 0) is 0 Å². The standard InChI is InChI=1S/C13H25N/c1-7-10(2)8-13(6)9-14-11(3)12(13,4)5/h10,14H,3,7-9H2,1-2,4-6H3. The molecule has 14 heavy (non-hydrogen) atoms. The molecule has 1 N–H and O–H groups in total. The summed E-state index contributed by atoms with van der Waals surface area (Å²) in [6.45, 7) is 16.9. The summed E-state index contributed by atoms with van der Waals surface area (Å²) in [5.41, 5.74) is 1.82. The van der Waals surface area contributed by atoms with Crippen molar-refractivity contribution in [2.24, 2.45) is 16.7 Å². The lowest BCUT2D eigenvalue weighted by atomic mass is 9.64. The monoisotopic (exact) mass is 195 g/mol. The Hall–Kier alpha value is -0.460. The number of nitrogens with one attached hydrogen (secondary N) is 1. The first-order valence-electron chi connectivity index (χ1n) is 5.77. The van der Waals surface area contributed by atoms with Crippen LogP contribution in [0.3, 0.4) is 0 Å². The van der Waals surface area contributed by atoms with Crippen LogP contribution < -0.4 is 5.32 Å². The van der Waals surface area contributed by atoms with Crippen molar-refractivity contribution in [3.8, 4) is 0 Å². The lowest BCUT2D eigenvalue weighted by Gasteiger charge is -2.39. The Balaban J connectivity index is 2.79. The number of hydrogen-bond acceptors (Lipinski definition) is 1. The molecule has 1 aliphatic heterocycles. The van der Waals surface area contributed by atoms with Gasteiger partial charge in [-0.1, -0.05) is 47.6 Å². The lowest BCUT2D eigenvalue weighted by molar-refractivity contribution is 0.136. The molecule has 0 bridgehead atoms. The molecule has 1 heteroatoms. The van der Waals surface area contributed by atoms with Crippen LogP contribution in [0, 0.1) is 16.7 Å². The first-order valence-corrected chi connectivity index (χ1v) is 5.77. The first-order chi connectivity index (χ1) is 6.33. The number of rotatable bonds is 3. The Labute approximate surface area is 89.0 Å². The minimum atomic E-state index is 0.233. The summed E-state index contributed by atoms with van der Waals surface area (Å²) in [6.07, 6.45) is 2.57. The van der Waals surface area contributed by atoms with Crippen LogP contribution in [0.2, 0.25) is 0 Å². The predicted octanol–water partition coefficient (Wildman–Crippen LogP) is 3.57. The fraction of sp³-hybridized carbons (Fsp3) is 0.846. The molecule has 0 aromatic carbocycles. The highest BCUT2D eigenvalue weighted by Gasteiger charge is 2.47. The van der Waals surface area contributed by atoms with Crippen LogP contribution in [0.4, 0.5) is 0 Å². The second-order valence-electron chi connectivity index (χ2n) is 5.74. The third-order valence-electron chi connectivity index (χ3n) is 4.45. The van der Waals surface area contributed by atoms with Gasteiger partial charge in [-0.15, -0.1) is 0 Å². The van der Waals surface area contributed by atoms with Crippen molar-refractivity contribution in [1.29, 1.82) is 0 Å². The fourth-order valence-corrected chi connectivity index (χ4v) is 2.35. The average molecular weight is 195 g/mol. The Morgan fingerprint density at radius 3 is 2.36 bits per heavy atom. The van der Waals surface area contributed by atoms with Gasteiger partial charge in [-0.05, 0) is 17.8 Å². The van der Waals surface area contributed by atoms with E-state index in [1.807, 2.05) is 0 Å². The maximum atomic E-state index is 4.12. The molecular formula is C13H25N. The van der Waals surface area contributed by atoms with Gasteiger partial charge in [0.25, 0.3) is 0 Å². The molecule has 0 aliphatic carbocycles. The second-order valence-corrected chi connectivity index (χ2v) is 5.74. The third-order valence-corrected chi connectivity index (χ3v) is 4.45. The molecule has 1 saturated heterocycles. The van der Waals surface area contributed by atoms with E-state index in [-0.39, 0.29) is 5.41 Å². The van der Waals surface area contributed by atoms with Crippen molar-refractivity contribution in [3.05, 3.63) is 12.3 Å². The molecule has 0 saturated carbocycles. The third kappa shape index (κ3) is 1.69. The molecule has 0 spiro atoms. The van der Waals surface area contributed by atoms with Gasteiger partial charge in [-0.2, -0.15) is 0 Å². The van der Waals surface area contributed by atoms with Crippen LogP contribution in [0.5, 0.6) is 0 Å². The van der Waals surface area contributed by atoms with Crippen molar-refractivity contribution in [1.82, 2.24) is 5.32 Å². The average Bonchev–Trinajstić information content (AvgIpc) is 2.30. The molecule has 1 aliphatic rings. The van der Waals surface area contributed by atoms with Crippen molar-refractivity contribution >= 4 is 0 Å². The van der Waals surface area contributed by atoms with E-state index in [4.69, 9.17) is 0 Å². The van der Waals surface area contributed by atoms with E-state index in [2.05, 4.69) is 46.5 Å². The first kappa shape index (κ1) is 11.6. The van der Waals surface area contributed by atoms with Gasteiger partial charge in [0.05, 0.1) is 0 Å². The van der Waals surface area contributed by atoms with E-state index in [0.29, 0.717) is 5.41 Å². The summed E-state index contributed by atoms with van der Waals surface area (Å²) in [4.78, 5) is 0. The zero-order valence-electron chi connectivity index (χ0n) is 10.4. The van der Waals surface area contributed by atoms with Gasteiger partial charge in [0.15, 0.2) is 0 Å². The largest absolute Gasteiger partial charge is 0.388 e. The van der Waals surface area contributed by atoms with Gasteiger partial charge in [-0.25, -0.2) is 0 Å². The molecule has 2 unspecified atom stereocenters. The number of allylic oxidation sites excluding steroid dienone is 1. The van der Waals surface area contributed by atoms with Crippen LogP contribution in [-0.4, -0.2) is 6.54 Å². The summed E-state index contributed by atoms with van der Waals surface area (Å²) in [5, 5.41) is 3.44. The van der Waals surface area contributed by atoms with Crippen molar-refractivity contribution in [3.63, 3.8) is 0 Å². The molecule has 0 aromatic heterocycles. The highest BCUT2D eigenvalue weighted by atomic mass is 15.0. The zero-order chi connectivity index (χ0) is 11.0. The Kier molecular flexibility index (Phi) is 2.99. The van der Waals surface area contributed by atoms with E-state index in [0.717, 1.165) is 12.5 Å². The van der Waals surface area contributed by atoms with Gasteiger partial charge < -0.3 is 5.32 Å². The van der Waals surface area contributed by atoms with E-state index in [9.17, 15) is 0 Å². The summed E-state index contributed by atoms with van der Waals surface area (Å²) >= 11 is 0. The van der Waals surface area contributed by atoms with Crippen LogP contribution in [0.1, 0.15) is 47.5 Å². The molecule has 0 aromatic rings. The van der Waals surface area contributed by atoms with Gasteiger partial charge in [0, 0.05) is 17.7 Å². The minimum Gasteiger partial charge on any atom is -0.388 e. The lowest BCUT2D eigenvalue weighted by Crippen LogP contribution is -2.34. The minimum absolute atomic E-state index is 0.233. The van der Waals surface area contributed by atoms with Gasteiger partial charge in [0.2, 0.25) is 0 Å². The Bertz CT molecular complexity index is 229. The highest BCUT2D eigenvalue weighted by Crippen LogP contribution is 2.51. The van der Waals surface area contributed by atoms with Crippen LogP contribution in [0.25, 0.3) is 0 Å². The predicted molar refractivity (Wildman–Crippen MR) is 63.1 cm³/mol. The second kappa shape index (κ2) is 3.60.